The second-order valence-corrected chi connectivity index (χ2v) is 8.47. The Labute approximate surface area is 200 Å². The van der Waals surface area contributed by atoms with Crippen molar-refractivity contribution >= 4 is 23.7 Å². The highest BCUT2D eigenvalue weighted by atomic mass is 19.1. The van der Waals surface area contributed by atoms with Gasteiger partial charge in [-0.25, -0.2) is 23.2 Å². The summed E-state index contributed by atoms with van der Waals surface area (Å²) < 4.78 is 29.8. The van der Waals surface area contributed by atoms with Crippen molar-refractivity contribution in [3.05, 3.63) is 72.3 Å². The molecule has 0 aliphatic carbocycles. The van der Waals surface area contributed by atoms with Gasteiger partial charge in [-0.1, -0.05) is 6.07 Å². The van der Waals surface area contributed by atoms with E-state index in [2.05, 4.69) is 20.5 Å². The molecule has 5 rings (SSSR count). The monoisotopic (exact) mass is 482 g/mol. The quantitative estimate of drug-likeness (QED) is 0.535. The van der Waals surface area contributed by atoms with Gasteiger partial charge >= 0.3 is 6.03 Å². The van der Waals surface area contributed by atoms with Crippen molar-refractivity contribution in [2.75, 3.05) is 29.7 Å². The molecule has 2 atom stereocenters. The molecule has 2 aromatic carbocycles. The molecule has 0 unspecified atom stereocenters. The molecular formula is C23H24F2N8O2. The molecule has 3 heterocycles. The summed E-state index contributed by atoms with van der Waals surface area (Å²) in [5, 5.41) is 17.7. The molecule has 1 fully saturated rings. The first-order valence-electron chi connectivity index (χ1n) is 11.1. The van der Waals surface area contributed by atoms with Gasteiger partial charge in [0.2, 0.25) is 0 Å². The topological polar surface area (TPSA) is 102 Å². The van der Waals surface area contributed by atoms with Gasteiger partial charge in [0.25, 0.3) is 0 Å². The number of nitrogens with one attached hydrogen (secondary N) is 1. The first-order valence-corrected chi connectivity index (χ1v) is 11.1. The van der Waals surface area contributed by atoms with Crippen LogP contribution >= 0.6 is 0 Å². The van der Waals surface area contributed by atoms with E-state index in [1.807, 2.05) is 29.3 Å². The average Bonchev–Trinajstić information content (AvgIpc) is 3.61. The summed E-state index contributed by atoms with van der Waals surface area (Å²) in [6.45, 7) is 2.66. The number of hydrazine groups is 1. The molecule has 2 aliphatic rings. The predicted molar refractivity (Wildman–Crippen MR) is 125 cm³/mol. The lowest BCUT2D eigenvalue weighted by Gasteiger charge is -2.39. The number of hydrogen-bond donors (Lipinski definition) is 2. The number of aromatic nitrogens is 3. The molecule has 2 amide bonds. The number of amides is 2. The van der Waals surface area contributed by atoms with E-state index >= 15 is 0 Å². The highest BCUT2D eigenvalue weighted by Gasteiger charge is 2.46. The molecule has 0 radical (unpaired) electrons. The number of carbonyl (C=O) groups is 1. The SMILES string of the molecule is C[C@@H](N1CCN(c2ccc(N3CN=CN3)cc2)C1=O)[C@](O)(Cn1cncn1)c1ccc(F)cc1F. The van der Waals surface area contributed by atoms with Gasteiger partial charge in [0, 0.05) is 30.4 Å². The lowest BCUT2D eigenvalue weighted by molar-refractivity contribution is -0.0475. The third kappa shape index (κ3) is 4.16. The van der Waals surface area contributed by atoms with Crippen LogP contribution in [0.5, 0.6) is 0 Å². The predicted octanol–water partition coefficient (Wildman–Crippen LogP) is 2.09. The third-order valence-corrected chi connectivity index (χ3v) is 6.47. The van der Waals surface area contributed by atoms with Crippen LogP contribution in [0.3, 0.4) is 0 Å². The number of rotatable bonds is 7. The smallest absolute Gasteiger partial charge is 0.324 e. The number of aliphatic imine (C=N–C) groups is 1. The summed E-state index contributed by atoms with van der Waals surface area (Å²) in [6, 6.07) is 9.24. The summed E-state index contributed by atoms with van der Waals surface area (Å²) >= 11 is 0. The van der Waals surface area contributed by atoms with Crippen molar-refractivity contribution in [2.24, 2.45) is 4.99 Å². The highest BCUT2D eigenvalue weighted by Crippen LogP contribution is 2.35. The van der Waals surface area contributed by atoms with Crippen LogP contribution in [-0.2, 0) is 12.1 Å². The van der Waals surface area contributed by atoms with Crippen LogP contribution in [-0.4, -0.2) is 62.9 Å². The molecule has 3 aromatic rings. The van der Waals surface area contributed by atoms with Gasteiger partial charge in [-0.05, 0) is 37.3 Å². The van der Waals surface area contributed by atoms with Crippen molar-refractivity contribution in [2.45, 2.75) is 25.1 Å². The normalized spacial score (nSPS) is 18.2. The molecule has 182 valence electrons. The van der Waals surface area contributed by atoms with E-state index in [1.54, 1.807) is 18.2 Å². The maximum atomic E-state index is 14.8. The second kappa shape index (κ2) is 8.95. The van der Waals surface area contributed by atoms with Gasteiger partial charge in [0.15, 0.2) is 0 Å². The number of benzene rings is 2. The largest absolute Gasteiger partial charge is 0.381 e. The molecule has 0 bridgehead atoms. The lowest BCUT2D eigenvalue weighted by atomic mass is 9.85. The van der Waals surface area contributed by atoms with Crippen molar-refractivity contribution < 1.29 is 18.7 Å². The maximum absolute atomic E-state index is 14.8. The number of nitrogens with zero attached hydrogens (tertiary/aromatic N) is 7. The number of halogens is 2. The van der Waals surface area contributed by atoms with Gasteiger partial charge in [-0.3, -0.25) is 20.3 Å². The van der Waals surface area contributed by atoms with Crippen LogP contribution in [0.4, 0.5) is 25.0 Å². The van der Waals surface area contributed by atoms with E-state index in [9.17, 15) is 18.7 Å². The maximum Gasteiger partial charge on any atom is 0.324 e. The summed E-state index contributed by atoms with van der Waals surface area (Å²) in [5.41, 5.74) is 2.58. The van der Waals surface area contributed by atoms with Crippen LogP contribution in [0, 0.1) is 11.6 Å². The number of carbonyl (C=O) groups excluding carboxylic acids is 1. The Morgan fingerprint density at radius 2 is 1.91 bits per heavy atom. The zero-order valence-electron chi connectivity index (χ0n) is 18.9. The van der Waals surface area contributed by atoms with E-state index in [1.165, 1.54) is 28.3 Å². The van der Waals surface area contributed by atoms with Gasteiger partial charge in [0.1, 0.15) is 42.9 Å². The molecule has 12 heteroatoms. The zero-order valence-corrected chi connectivity index (χ0v) is 18.9. The van der Waals surface area contributed by atoms with E-state index in [0.717, 1.165) is 11.8 Å². The fraction of sp³-hybridized carbons (Fsp3) is 0.304. The molecule has 0 spiro atoms. The fourth-order valence-corrected chi connectivity index (χ4v) is 4.50. The Hall–Kier alpha value is -4.06. The second-order valence-electron chi connectivity index (χ2n) is 8.47. The van der Waals surface area contributed by atoms with Crippen molar-refractivity contribution in [1.29, 1.82) is 0 Å². The molecule has 10 nitrogen and oxygen atoms in total. The molecule has 35 heavy (non-hydrogen) atoms. The molecule has 1 saturated heterocycles. The van der Waals surface area contributed by atoms with Crippen molar-refractivity contribution in [1.82, 2.24) is 25.1 Å². The van der Waals surface area contributed by atoms with Gasteiger partial charge in [-0.15, -0.1) is 0 Å². The summed E-state index contributed by atoms with van der Waals surface area (Å²) in [7, 11) is 0. The van der Waals surface area contributed by atoms with Gasteiger partial charge < -0.3 is 10.0 Å². The Kier molecular flexibility index (Phi) is 5.81. The van der Waals surface area contributed by atoms with Crippen molar-refractivity contribution in [3.8, 4) is 0 Å². The Morgan fingerprint density at radius 1 is 1.14 bits per heavy atom. The molecule has 2 aliphatic heterocycles. The Morgan fingerprint density at radius 3 is 2.57 bits per heavy atom. The molecule has 0 saturated carbocycles. The minimum atomic E-state index is -1.90. The third-order valence-electron chi connectivity index (χ3n) is 6.47. The number of urea groups is 1. The van der Waals surface area contributed by atoms with Crippen LogP contribution in [0.15, 0.2) is 60.1 Å². The number of hydrogen-bond acceptors (Lipinski definition) is 7. The zero-order chi connectivity index (χ0) is 24.6. The Bertz CT molecular complexity index is 1230. The van der Waals surface area contributed by atoms with Gasteiger partial charge in [-0.2, -0.15) is 5.10 Å². The van der Waals surface area contributed by atoms with Crippen LogP contribution in [0.25, 0.3) is 0 Å². The van der Waals surface area contributed by atoms with E-state index in [-0.39, 0.29) is 18.1 Å². The number of anilines is 2. The standard InChI is InChI=1S/C23H24F2N8O2/c1-16(23(35,11-30-14-26-12-28-30)20-7-2-17(24)10-21(20)25)31-8-9-32(22(31)34)18-3-5-19(6-4-18)33-15-27-13-29-33/h2-7,10,12-14,16,35H,8-9,11,15H2,1H3,(H,27,29)/t16-,23-/m1/s1. The van der Waals surface area contributed by atoms with Crippen LogP contribution in [0.1, 0.15) is 12.5 Å². The molecular weight excluding hydrogens is 458 g/mol. The van der Waals surface area contributed by atoms with Crippen molar-refractivity contribution in [3.63, 3.8) is 0 Å². The first-order chi connectivity index (χ1) is 16.9. The van der Waals surface area contributed by atoms with E-state index in [4.69, 9.17) is 0 Å². The van der Waals surface area contributed by atoms with Crippen LogP contribution in [0.2, 0.25) is 0 Å². The lowest BCUT2D eigenvalue weighted by Crippen LogP contribution is -2.53. The van der Waals surface area contributed by atoms with Gasteiger partial charge in [0.05, 0.1) is 18.3 Å². The summed E-state index contributed by atoms with van der Waals surface area (Å²) in [4.78, 5) is 24.5. The minimum Gasteiger partial charge on any atom is -0.381 e. The van der Waals surface area contributed by atoms with E-state index < -0.39 is 23.3 Å². The average molecular weight is 482 g/mol. The number of aliphatic hydroxyl groups is 1. The minimum absolute atomic E-state index is 0.127. The molecule has 2 N–H and O–H groups in total. The highest BCUT2D eigenvalue weighted by molar-refractivity contribution is 5.94. The van der Waals surface area contributed by atoms with Crippen LogP contribution < -0.4 is 15.3 Å². The molecule has 1 aromatic heterocycles. The first kappa shape index (κ1) is 22.7. The van der Waals surface area contributed by atoms with E-state index in [0.29, 0.717) is 31.5 Å². The summed E-state index contributed by atoms with van der Waals surface area (Å²) in [6.07, 6.45) is 4.29. The Balaban J connectivity index is 1.40. The fourth-order valence-electron chi connectivity index (χ4n) is 4.50. The summed E-state index contributed by atoms with van der Waals surface area (Å²) in [5.74, 6) is -1.66.